The number of unbranched alkanes of at least 4 members (excludes halogenated alkanes) is 2. The average Bonchev–Trinajstić information content (AvgIpc) is 2.07. The lowest BCUT2D eigenvalue weighted by Crippen LogP contribution is -2.25. The van der Waals surface area contributed by atoms with E-state index < -0.39 is 0 Å². The van der Waals surface area contributed by atoms with Crippen LogP contribution in [0, 0.1) is 0 Å². The van der Waals surface area contributed by atoms with Gasteiger partial charge >= 0.3 is 0 Å². The minimum Gasteiger partial charge on any atom is -0.370 e. The van der Waals surface area contributed by atoms with Crippen LogP contribution in [-0.4, -0.2) is 12.4 Å². The topological polar surface area (TPSA) is 24.4 Å². The first-order chi connectivity index (χ1) is 5.43. The molecule has 0 atom stereocenters. The second kappa shape index (κ2) is 4.94. The molecular weight excluding hydrogens is 136 g/mol. The van der Waals surface area contributed by atoms with Crippen LogP contribution >= 0.6 is 0 Å². The van der Waals surface area contributed by atoms with Gasteiger partial charge < -0.3 is 5.32 Å². The fourth-order valence-electron chi connectivity index (χ4n) is 1.11. The predicted octanol–water partition coefficient (Wildman–Crippen LogP) is 2.08. The summed E-state index contributed by atoms with van der Waals surface area (Å²) in [4.78, 5) is 4.23. The van der Waals surface area contributed by atoms with Gasteiger partial charge in [0.25, 0.3) is 0 Å². The molecular formula is C9H16N2. The van der Waals surface area contributed by atoms with Gasteiger partial charge in [-0.1, -0.05) is 19.8 Å². The molecule has 0 amide bonds. The van der Waals surface area contributed by atoms with Crippen molar-refractivity contribution in [2.24, 2.45) is 4.99 Å². The molecule has 0 fully saturated rings. The van der Waals surface area contributed by atoms with Gasteiger partial charge in [-0.2, -0.15) is 0 Å². The SMILES string of the molecule is CCCCCC1=NC=CCN1. The zero-order chi connectivity index (χ0) is 7.94. The highest BCUT2D eigenvalue weighted by atomic mass is 15.0. The Hall–Kier alpha value is -0.790. The maximum Gasteiger partial charge on any atom is 0.102 e. The van der Waals surface area contributed by atoms with Gasteiger partial charge in [0.2, 0.25) is 0 Å². The number of rotatable bonds is 4. The molecule has 11 heavy (non-hydrogen) atoms. The first-order valence-corrected chi connectivity index (χ1v) is 4.39. The van der Waals surface area contributed by atoms with E-state index in [-0.39, 0.29) is 0 Å². The molecule has 1 heterocycles. The molecule has 1 aliphatic heterocycles. The van der Waals surface area contributed by atoms with E-state index in [1.807, 2.05) is 12.3 Å². The Kier molecular flexibility index (Phi) is 3.73. The summed E-state index contributed by atoms with van der Waals surface area (Å²) >= 11 is 0. The number of hydrogen-bond acceptors (Lipinski definition) is 2. The van der Waals surface area contributed by atoms with E-state index in [0.717, 1.165) is 18.8 Å². The summed E-state index contributed by atoms with van der Waals surface area (Å²) in [6.45, 7) is 3.17. The average molecular weight is 152 g/mol. The van der Waals surface area contributed by atoms with Crippen LogP contribution in [0.2, 0.25) is 0 Å². The van der Waals surface area contributed by atoms with Crippen molar-refractivity contribution in [2.45, 2.75) is 32.6 Å². The van der Waals surface area contributed by atoms with Gasteiger partial charge in [-0.05, 0) is 12.5 Å². The zero-order valence-corrected chi connectivity index (χ0v) is 7.14. The minimum atomic E-state index is 0.949. The van der Waals surface area contributed by atoms with E-state index in [0.29, 0.717) is 0 Å². The summed E-state index contributed by atoms with van der Waals surface area (Å²) in [6.07, 6.45) is 8.88. The van der Waals surface area contributed by atoms with Gasteiger partial charge in [-0.25, -0.2) is 4.99 Å². The van der Waals surface area contributed by atoms with Crippen LogP contribution in [0.25, 0.3) is 0 Å². The van der Waals surface area contributed by atoms with Crippen molar-refractivity contribution in [1.82, 2.24) is 5.32 Å². The lowest BCUT2D eigenvalue weighted by molar-refractivity contribution is 0.730. The Morgan fingerprint density at radius 2 is 2.45 bits per heavy atom. The molecule has 0 aliphatic carbocycles. The highest BCUT2D eigenvalue weighted by Gasteiger charge is 1.98. The summed E-state index contributed by atoms with van der Waals surface area (Å²) in [5, 5.41) is 3.24. The molecule has 0 bridgehead atoms. The lowest BCUT2D eigenvalue weighted by atomic mass is 10.2. The molecule has 2 heteroatoms. The van der Waals surface area contributed by atoms with Crippen molar-refractivity contribution in [2.75, 3.05) is 6.54 Å². The van der Waals surface area contributed by atoms with Crippen LogP contribution in [0.3, 0.4) is 0 Å². The van der Waals surface area contributed by atoms with Crippen molar-refractivity contribution in [3.63, 3.8) is 0 Å². The highest BCUT2D eigenvalue weighted by molar-refractivity contribution is 5.83. The molecule has 0 saturated carbocycles. The molecule has 2 nitrogen and oxygen atoms in total. The molecule has 62 valence electrons. The van der Waals surface area contributed by atoms with E-state index in [9.17, 15) is 0 Å². The van der Waals surface area contributed by atoms with Crippen molar-refractivity contribution in [1.29, 1.82) is 0 Å². The Bertz CT molecular complexity index is 159. The third-order valence-electron chi connectivity index (χ3n) is 1.78. The lowest BCUT2D eigenvalue weighted by Gasteiger charge is -2.09. The van der Waals surface area contributed by atoms with E-state index in [1.54, 1.807) is 0 Å². The Balaban J connectivity index is 2.15. The number of hydrogen-bond donors (Lipinski definition) is 1. The molecule has 1 rings (SSSR count). The van der Waals surface area contributed by atoms with Gasteiger partial charge in [0.15, 0.2) is 0 Å². The van der Waals surface area contributed by atoms with Gasteiger partial charge in [0.1, 0.15) is 5.84 Å². The van der Waals surface area contributed by atoms with Crippen LogP contribution < -0.4 is 5.32 Å². The van der Waals surface area contributed by atoms with E-state index in [4.69, 9.17) is 0 Å². The van der Waals surface area contributed by atoms with Crippen molar-refractivity contribution < 1.29 is 0 Å². The standard InChI is InChI=1S/C9H16N2/c1-2-3-4-6-9-10-7-5-8-11-9/h5,7H,2-4,6,8H2,1H3,(H,10,11). The molecule has 0 saturated heterocycles. The molecule has 0 aromatic rings. The smallest absolute Gasteiger partial charge is 0.102 e. The van der Waals surface area contributed by atoms with Gasteiger partial charge in [-0.15, -0.1) is 0 Å². The molecule has 1 aliphatic rings. The summed E-state index contributed by atoms with van der Waals surface area (Å²) < 4.78 is 0. The largest absolute Gasteiger partial charge is 0.370 e. The molecule has 1 N–H and O–H groups in total. The van der Waals surface area contributed by atoms with Gasteiger partial charge in [0, 0.05) is 19.2 Å². The molecule has 0 aromatic heterocycles. The number of amidine groups is 1. The molecule has 0 radical (unpaired) electrons. The fourth-order valence-corrected chi connectivity index (χ4v) is 1.11. The maximum absolute atomic E-state index is 4.23. The number of nitrogens with one attached hydrogen (secondary N) is 1. The van der Waals surface area contributed by atoms with Crippen molar-refractivity contribution in [3.05, 3.63) is 12.3 Å². The van der Waals surface area contributed by atoms with Gasteiger partial charge in [0.05, 0.1) is 0 Å². The summed E-state index contributed by atoms with van der Waals surface area (Å²) in [5.74, 6) is 1.15. The molecule has 0 spiro atoms. The highest BCUT2D eigenvalue weighted by Crippen LogP contribution is 2.01. The predicted molar refractivity (Wildman–Crippen MR) is 48.7 cm³/mol. The normalized spacial score (nSPS) is 15.9. The van der Waals surface area contributed by atoms with E-state index in [1.165, 1.54) is 19.3 Å². The second-order valence-electron chi connectivity index (χ2n) is 2.80. The Morgan fingerprint density at radius 3 is 3.09 bits per heavy atom. The van der Waals surface area contributed by atoms with Crippen LogP contribution in [-0.2, 0) is 0 Å². The van der Waals surface area contributed by atoms with Crippen LogP contribution in [0.1, 0.15) is 32.6 Å². The molecule has 0 unspecified atom stereocenters. The third kappa shape index (κ3) is 3.21. The summed E-state index contributed by atoms with van der Waals surface area (Å²) in [6, 6.07) is 0. The Morgan fingerprint density at radius 1 is 1.55 bits per heavy atom. The van der Waals surface area contributed by atoms with Crippen molar-refractivity contribution in [3.8, 4) is 0 Å². The first kappa shape index (κ1) is 8.31. The third-order valence-corrected chi connectivity index (χ3v) is 1.78. The summed E-state index contributed by atoms with van der Waals surface area (Å²) in [7, 11) is 0. The van der Waals surface area contributed by atoms with Gasteiger partial charge in [-0.3, -0.25) is 0 Å². The first-order valence-electron chi connectivity index (χ1n) is 4.39. The van der Waals surface area contributed by atoms with Crippen LogP contribution in [0.15, 0.2) is 17.3 Å². The Labute approximate surface area is 68.4 Å². The molecule has 0 aromatic carbocycles. The number of nitrogens with zero attached hydrogens (tertiary/aromatic N) is 1. The second-order valence-corrected chi connectivity index (χ2v) is 2.80. The minimum absolute atomic E-state index is 0.949. The monoisotopic (exact) mass is 152 g/mol. The van der Waals surface area contributed by atoms with E-state index >= 15 is 0 Å². The van der Waals surface area contributed by atoms with E-state index in [2.05, 4.69) is 17.2 Å². The van der Waals surface area contributed by atoms with Crippen LogP contribution in [0.4, 0.5) is 0 Å². The van der Waals surface area contributed by atoms with Crippen molar-refractivity contribution >= 4 is 5.84 Å². The summed E-state index contributed by atoms with van der Waals surface area (Å²) in [5.41, 5.74) is 0. The van der Waals surface area contributed by atoms with Crippen LogP contribution in [0.5, 0.6) is 0 Å². The number of aliphatic imine (C=N–C) groups is 1. The maximum atomic E-state index is 4.23. The fraction of sp³-hybridized carbons (Fsp3) is 0.667. The quantitative estimate of drug-likeness (QED) is 0.613. The zero-order valence-electron chi connectivity index (χ0n) is 7.14.